The summed E-state index contributed by atoms with van der Waals surface area (Å²) >= 11 is 0. The third-order valence-electron chi connectivity index (χ3n) is 4.51. The molecular weight excluding hydrogens is 172 g/mol. The van der Waals surface area contributed by atoms with Crippen LogP contribution in [0.1, 0.15) is 33.1 Å². The van der Waals surface area contributed by atoms with Gasteiger partial charge in [-0.3, -0.25) is 0 Å². The normalized spacial score (nSPS) is 48.3. The number of hydrogen-bond donors (Lipinski definition) is 0. The molecule has 3 rings (SSSR count). The third kappa shape index (κ3) is 0.802. The van der Waals surface area contributed by atoms with Gasteiger partial charge in [-0.2, -0.15) is 0 Å². The average molecular weight is 190 g/mol. The second-order valence-electron chi connectivity index (χ2n) is 5.54. The van der Waals surface area contributed by atoms with E-state index in [9.17, 15) is 0 Å². The van der Waals surface area contributed by atoms with Gasteiger partial charge in [-0.25, -0.2) is 0 Å². The van der Waals surface area contributed by atoms with Crippen LogP contribution in [0.2, 0.25) is 0 Å². The smallest absolute Gasteiger partial charge is 0.0936 e. The summed E-state index contributed by atoms with van der Waals surface area (Å²) in [5.41, 5.74) is 1.60. The summed E-state index contributed by atoms with van der Waals surface area (Å²) in [5.74, 6) is 0.576. The van der Waals surface area contributed by atoms with Crippen molar-refractivity contribution < 1.29 is 4.74 Å². The van der Waals surface area contributed by atoms with Gasteiger partial charge < -0.3 is 4.74 Å². The second-order valence-corrected chi connectivity index (χ2v) is 5.54. The molecule has 1 nitrogen and oxygen atoms in total. The van der Waals surface area contributed by atoms with Gasteiger partial charge in [0, 0.05) is 11.3 Å². The molecule has 2 aliphatic heterocycles. The Hall–Kier alpha value is -0.560. The monoisotopic (exact) mass is 190 g/mol. The van der Waals surface area contributed by atoms with Crippen LogP contribution in [0, 0.1) is 11.3 Å². The first-order valence-electron chi connectivity index (χ1n) is 5.63. The molecular formula is C13H18O. The minimum Gasteiger partial charge on any atom is -0.362 e. The molecule has 1 saturated carbocycles. The van der Waals surface area contributed by atoms with Crippen molar-refractivity contribution in [3.63, 3.8) is 0 Å². The largest absolute Gasteiger partial charge is 0.362 e. The van der Waals surface area contributed by atoms with Crippen LogP contribution in [0.3, 0.4) is 0 Å². The highest BCUT2D eigenvalue weighted by Crippen LogP contribution is 2.58. The lowest BCUT2D eigenvalue weighted by Gasteiger charge is -2.47. The first kappa shape index (κ1) is 8.72. The first-order chi connectivity index (χ1) is 6.56. The highest BCUT2D eigenvalue weighted by Gasteiger charge is 2.57. The van der Waals surface area contributed by atoms with Gasteiger partial charge in [0.2, 0.25) is 0 Å². The molecule has 2 bridgehead atoms. The van der Waals surface area contributed by atoms with Gasteiger partial charge in [0.15, 0.2) is 0 Å². The summed E-state index contributed by atoms with van der Waals surface area (Å²) in [7, 11) is 0. The fourth-order valence-electron chi connectivity index (χ4n) is 3.40. The van der Waals surface area contributed by atoms with Crippen LogP contribution in [0.4, 0.5) is 0 Å². The topological polar surface area (TPSA) is 9.23 Å². The van der Waals surface area contributed by atoms with Gasteiger partial charge in [-0.1, -0.05) is 38.2 Å². The molecule has 0 N–H and O–H groups in total. The molecule has 0 amide bonds. The van der Waals surface area contributed by atoms with E-state index in [0.717, 1.165) is 0 Å². The Bertz CT molecular complexity index is 326. The van der Waals surface area contributed by atoms with Crippen molar-refractivity contribution in [3.05, 3.63) is 24.3 Å². The number of fused-ring (bicyclic) bond motifs is 1. The van der Waals surface area contributed by atoms with E-state index >= 15 is 0 Å². The van der Waals surface area contributed by atoms with Crippen molar-refractivity contribution >= 4 is 0 Å². The van der Waals surface area contributed by atoms with Gasteiger partial charge in [0.05, 0.1) is 11.7 Å². The van der Waals surface area contributed by atoms with E-state index in [2.05, 4.69) is 32.6 Å². The van der Waals surface area contributed by atoms with Crippen LogP contribution in [0.25, 0.3) is 0 Å². The zero-order chi connectivity index (χ0) is 9.97. The van der Waals surface area contributed by atoms with Crippen LogP contribution in [-0.4, -0.2) is 11.7 Å². The van der Waals surface area contributed by atoms with E-state index in [1.807, 2.05) is 0 Å². The predicted molar refractivity (Wildman–Crippen MR) is 57.0 cm³/mol. The molecule has 14 heavy (non-hydrogen) atoms. The maximum absolute atomic E-state index is 6.22. The van der Waals surface area contributed by atoms with Crippen molar-refractivity contribution in [2.75, 3.05) is 0 Å². The lowest BCUT2D eigenvalue weighted by molar-refractivity contribution is -0.107. The fourth-order valence-corrected chi connectivity index (χ4v) is 3.40. The number of rotatable bonds is 0. The molecule has 76 valence electrons. The maximum Gasteiger partial charge on any atom is 0.0936 e. The standard InChI is InChI=1S/C13H18O/c1-9-10-5-4-7-13(10)8-6-11(14-13)12(9,2)3/h6,8,10-11H,1,4-5,7H2,2-3H3/t10-,11+,13-/m1/s1. The molecule has 1 saturated heterocycles. The van der Waals surface area contributed by atoms with Crippen LogP contribution >= 0.6 is 0 Å². The summed E-state index contributed by atoms with van der Waals surface area (Å²) in [4.78, 5) is 0. The molecule has 1 spiro atoms. The molecule has 0 radical (unpaired) electrons. The summed E-state index contributed by atoms with van der Waals surface area (Å²) in [6.45, 7) is 8.85. The number of hydrogen-bond acceptors (Lipinski definition) is 1. The highest BCUT2D eigenvalue weighted by molar-refractivity contribution is 5.34. The molecule has 0 aromatic rings. The summed E-state index contributed by atoms with van der Waals surface area (Å²) in [6.07, 6.45) is 8.59. The Morgan fingerprint density at radius 3 is 3.07 bits per heavy atom. The van der Waals surface area contributed by atoms with Crippen molar-refractivity contribution in [2.45, 2.75) is 44.8 Å². The molecule has 3 aliphatic rings. The molecule has 0 aromatic carbocycles. The Kier molecular flexibility index (Phi) is 1.45. The molecule has 3 atom stereocenters. The third-order valence-corrected chi connectivity index (χ3v) is 4.51. The van der Waals surface area contributed by atoms with E-state index in [0.29, 0.717) is 5.92 Å². The summed E-state index contributed by atoms with van der Waals surface area (Å²) in [5, 5.41) is 0. The first-order valence-corrected chi connectivity index (χ1v) is 5.63. The summed E-state index contributed by atoms with van der Waals surface area (Å²) < 4.78 is 6.22. The van der Waals surface area contributed by atoms with Gasteiger partial charge >= 0.3 is 0 Å². The molecule has 2 fully saturated rings. The summed E-state index contributed by atoms with van der Waals surface area (Å²) in [6, 6.07) is 0. The molecule has 2 heterocycles. The SMILES string of the molecule is C=C1[C@H]2CCC[C@@]23C=C[C@H](O3)C1(C)C. The van der Waals surface area contributed by atoms with Gasteiger partial charge in [0.1, 0.15) is 0 Å². The average Bonchev–Trinajstić information content (AvgIpc) is 2.71. The van der Waals surface area contributed by atoms with Crippen LogP contribution < -0.4 is 0 Å². The fraction of sp³-hybridized carbons (Fsp3) is 0.692. The van der Waals surface area contributed by atoms with Gasteiger partial charge in [-0.15, -0.1) is 0 Å². The molecule has 1 aliphatic carbocycles. The molecule has 1 heteroatoms. The Labute approximate surface area is 85.8 Å². The van der Waals surface area contributed by atoms with Crippen molar-refractivity contribution in [1.82, 2.24) is 0 Å². The zero-order valence-corrected chi connectivity index (χ0v) is 9.05. The maximum atomic E-state index is 6.22. The van der Waals surface area contributed by atoms with E-state index in [4.69, 9.17) is 4.74 Å². The van der Waals surface area contributed by atoms with Crippen molar-refractivity contribution in [3.8, 4) is 0 Å². The van der Waals surface area contributed by atoms with Crippen LogP contribution in [0.15, 0.2) is 24.3 Å². The van der Waals surface area contributed by atoms with Crippen LogP contribution in [0.5, 0.6) is 0 Å². The Balaban J connectivity index is 2.10. The minimum absolute atomic E-state index is 0.0528. The van der Waals surface area contributed by atoms with E-state index < -0.39 is 0 Å². The lowest BCUT2D eigenvalue weighted by atomic mass is 9.70. The minimum atomic E-state index is 0.0528. The highest BCUT2D eigenvalue weighted by atomic mass is 16.5. The molecule has 0 aromatic heterocycles. The Morgan fingerprint density at radius 2 is 2.29 bits per heavy atom. The second kappa shape index (κ2) is 2.33. The van der Waals surface area contributed by atoms with E-state index in [1.165, 1.54) is 24.8 Å². The van der Waals surface area contributed by atoms with Crippen LogP contribution in [-0.2, 0) is 4.74 Å². The van der Waals surface area contributed by atoms with E-state index in [1.54, 1.807) is 0 Å². The van der Waals surface area contributed by atoms with Crippen molar-refractivity contribution in [1.29, 1.82) is 0 Å². The van der Waals surface area contributed by atoms with Gasteiger partial charge in [0.25, 0.3) is 0 Å². The Morgan fingerprint density at radius 1 is 1.50 bits per heavy atom. The molecule has 0 unspecified atom stereocenters. The number of ether oxygens (including phenoxy) is 1. The van der Waals surface area contributed by atoms with Crippen molar-refractivity contribution in [2.24, 2.45) is 11.3 Å². The quantitative estimate of drug-likeness (QED) is 0.533. The van der Waals surface area contributed by atoms with E-state index in [-0.39, 0.29) is 17.1 Å². The van der Waals surface area contributed by atoms with Gasteiger partial charge in [-0.05, 0) is 19.3 Å². The zero-order valence-electron chi connectivity index (χ0n) is 9.05. The lowest BCUT2D eigenvalue weighted by Crippen LogP contribution is -2.47. The predicted octanol–water partition coefficient (Wildman–Crippen LogP) is 3.08.